The third kappa shape index (κ3) is 4.13. The molecule has 22 heavy (non-hydrogen) atoms. The van der Waals surface area contributed by atoms with Gasteiger partial charge in [0.2, 0.25) is 11.0 Å². The highest BCUT2D eigenvalue weighted by Gasteiger charge is 2.15. The molecule has 4 nitrogen and oxygen atoms in total. The summed E-state index contributed by atoms with van der Waals surface area (Å²) >= 11 is 1.42. The minimum absolute atomic E-state index is 0.0568. The van der Waals surface area contributed by atoms with Crippen molar-refractivity contribution in [2.24, 2.45) is 5.92 Å². The topological polar surface area (TPSA) is 54.9 Å². The van der Waals surface area contributed by atoms with Crippen molar-refractivity contribution in [1.82, 2.24) is 10.2 Å². The highest BCUT2D eigenvalue weighted by atomic mass is 32.1. The van der Waals surface area contributed by atoms with Crippen molar-refractivity contribution in [3.63, 3.8) is 0 Å². The van der Waals surface area contributed by atoms with E-state index in [1.54, 1.807) is 0 Å². The lowest BCUT2D eigenvalue weighted by molar-refractivity contribution is -0.116. The van der Waals surface area contributed by atoms with Crippen LogP contribution in [0.25, 0.3) is 10.6 Å². The largest absolute Gasteiger partial charge is 0.301 e. The summed E-state index contributed by atoms with van der Waals surface area (Å²) in [4.78, 5) is 12.0. The summed E-state index contributed by atoms with van der Waals surface area (Å²) in [5.41, 5.74) is 1.03. The van der Waals surface area contributed by atoms with Crippen LogP contribution < -0.4 is 5.32 Å². The molecule has 116 valence electrons. The van der Waals surface area contributed by atoms with Crippen molar-refractivity contribution in [2.75, 3.05) is 5.32 Å². The monoisotopic (exact) mass is 315 g/mol. The normalized spacial score (nSPS) is 15.6. The van der Waals surface area contributed by atoms with Gasteiger partial charge in [0.25, 0.3) is 0 Å². The van der Waals surface area contributed by atoms with Crippen LogP contribution in [0.4, 0.5) is 5.13 Å². The molecule has 1 aliphatic carbocycles. The smallest absolute Gasteiger partial charge is 0.226 e. The first-order valence-electron chi connectivity index (χ1n) is 8.00. The van der Waals surface area contributed by atoms with Gasteiger partial charge in [0, 0.05) is 12.0 Å². The first-order valence-corrected chi connectivity index (χ1v) is 8.82. The summed E-state index contributed by atoms with van der Waals surface area (Å²) in [6, 6.07) is 9.90. The Balaban J connectivity index is 1.50. The molecule has 5 heteroatoms. The summed E-state index contributed by atoms with van der Waals surface area (Å²) in [7, 11) is 0. The Morgan fingerprint density at radius 2 is 1.91 bits per heavy atom. The van der Waals surface area contributed by atoms with Gasteiger partial charge in [0.05, 0.1) is 0 Å². The fourth-order valence-corrected chi connectivity index (χ4v) is 3.73. The summed E-state index contributed by atoms with van der Waals surface area (Å²) < 4.78 is 0. The SMILES string of the molecule is O=C(CCC1CCCCC1)Nc1nnc(-c2ccccc2)s1. The predicted molar refractivity (Wildman–Crippen MR) is 89.8 cm³/mol. The number of aromatic nitrogens is 2. The Labute approximate surface area is 135 Å². The summed E-state index contributed by atoms with van der Waals surface area (Å²) in [5, 5.41) is 12.5. The Kier molecular flexibility index (Phi) is 5.16. The minimum Gasteiger partial charge on any atom is -0.301 e. The van der Waals surface area contributed by atoms with Crippen LogP contribution in [0.1, 0.15) is 44.9 Å². The van der Waals surface area contributed by atoms with E-state index in [2.05, 4.69) is 15.5 Å². The van der Waals surface area contributed by atoms with E-state index in [1.807, 2.05) is 30.3 Å². The molecule has 2 aromatic rings. The molecule has 1 aromatic heterocycles. The zero-order chi connectivity index (χ0) is 15.2. The van der Waals surface area contributed by atoms with Crippen LogP contribution in [-0.2, 0) is 4.79 Å². The average Bonchev–Trinajstić information content (AvgIpc) is 3.03. The molecule has 3 rings (SSSR count). The average molecular weight is 315 g/mol. The van der Waals surface area contributed by atoms with Gasteiger partial charge in [0.1, 0.15) is 5.01 Å². The molecule has 1 heterocycles. The summed E-state index contributed by atoms with van der Waals surface area (Å²) in [5.74, 6) is 0.787. The van der Waals surface area contributed by atoms with E-state index in [0.717, 1.165) is 22.9 Å². The van der Waals surface area contributed by atoms with E-state index < -0.39 is 0 Å². The van der Waals surface area contributed by atoms with E-state index >= 15 is 0 Å². The fourth-order valence-electron chi connectivity index (χ4n) is 2.96. The molecule has 1 N–H and O–H groups in total. The lowest BCUT2D eigenvalue weighted by Gasteiger charge is -2.20. The van der Waals surface area contributed by atoms with Gasteiger partial charge in [-0.1, -0.05) is 73.8 Å². The molecule has 1 fully saturated rings. The molecule has 0 unspecified atom stereocenters. The number of nitrogens with zero attached hydrogens (tertiary/aromatic N) is 2. The lowest BCUT2D eigenvalue weighted by atomic mass is 9.86. The first-order chi connectivity index (χ1) is 10.8. The van der Waals surface area contributed by atoms with E-state index in [4.69, 9.17) is 0 Å². The van der Waals surface area contributed by atoms with Crippen molar-refractivity contribution in [3.05, 3.63) is 30.3 Å². The van der Waals surface area contributed by atoms with Gasteiger partial charge in [-0.25, -0.2) is 0 Å². The van der Waals surface area contributed by atoms with Gasteiger partial charge in [-0.05, 0) is 12.3 Å². The molecular formula is C17H21N3OS. The zero-order valence-corrected chi connectivity index (χ0v) is 13.4. The second kappa shape index (κ2) is 7.49. The molecule has 1 aromatic carbocycles. The van der Waals surface area contributed by atoms with Gasteiger partial charge in [-0.15, -0.1) is 10.2 Å². The molecule has 0 aliphatic heterocycles. The van der Waals surface area contributed by atoms with E-state index in [1.165, 1.54) is 43.4 Å². The zero-order valence-electron chi connectivity index (χ0n) is 12.6. The van der Waals surface area contributed by atoms with Crippen molar-refractivity contribution in [2.45, 2.75) is 44.9 Å². The number of carbonyl (C=O) groups excluding carboxylic acids is 1. The highest BCUT2D eigenvalue weighted by Crippen LogP contribution is 2.28. The molecule has 1 saturated carbocycles. The van der Waals surface area contributed by atoms with Crippen molar-refractivity contribution < 1.29 is 4.79 Å². The second-order valence-electron chi connectivity index (χ2n) is 5.87. The van der Waals surface area contributed by atoms with Gasteiger partial charge >= 0.3 is 0 Å². The molecule has 1 aliphatic rings. The van der Waals surface area contributed by atoms with Gasteiger partial charge in [0.15, 0.2) is 0 Å². The number of anilines is 1. The molecule has 1 amide bonds. The number of carbonyl (C=O) groups is 1. The Morgan fingerprint density at radius 3 is 2.68 bits per heavy atom. The molecule has 0 saturated heterocycles. The highest BCUT2D eigenvalue weighted by molar-refractivity contribution is 7.18. The van der Waals surface area contributed by atoms with E-state index in [-0.39, 0.29) is 5.91 Å². The summed E-state index contributed by atoms with van der Waals surface area (Å²) in [6.45, 7) is 0. The van der Waals surface area contributed by atoms with E-state index in [0.29, 0.717) is 11.6 Å². The van der Waals surface area contributed by atoms with Crippen molar-refractivity contribution in [3.8, 4) is 10.6 Å². The molecule has 0 spiro atoms. The minimum atomic E-state index is 0.0568. The van der Waals surface area contributed by atoms with Crippen molar-refractivity contribution >= 4 is 22.4 Å². The number of benzene rings is 1. The third-order valence-electron chi connectivity index (χ3n) is 4.20. The fraction of sp³-hybridized carbons (Fsp3) is 0.471. The van der Waals surface area contributed by atoms with Crippen LogP contribution in [-0.4, -0.2) is 16.1 Å². The number of amides is 1. The first kappa shape index (κ1) is 15.2. The maximum Gasteiger partial charge on any atom is 0.226 e. The quantitative estimate of drug-likeness (QED) is 0.883. The standard InChI is InChI=1S/C17H21N3OS/c21-15(12-11-13-7-3-1-4-8-13)18-17-20-19-16(22-17)14-9-5-2-6-10-14/h2,5-6,9-10,13H,1,3-4,7-8,11-12H2,(H,18,20,21). The third-order valence-corrected chi connectivity index (χ3v) is 5.08. The summed E-state index contributed by atoms with van der Waals surface area (Å²) in [6.07, 6.45) is 8.15. The molecule has 0 radical (unpaired) electrons. The molecule has 0 bridgehead atoms. The van der Waals surface area contributed by atoms with Crippen LogP contribution >= 0.6 is 11.3 Å². The van der Waals surface area contributed by atoms with Crippen LogP contribution in [0, 0.1) is 5.92 Å². The molecular weight excluding hydrogens is 294 g/mol. The Morgan fingerprint density at radius 1 is 1.14 bits per heavy atom. The number of rotatable bonds is 5. The van der Waals surface area contributed by atoms with Crippen LogP contribution in [0.15, 0.2) is 30.3 Å². The van der Waals surface area contributed by atoms with E-state index in [9.17, 15) is 4.79 Å². The van der Waals surface area contributed by atoms with Crippen LogP contribution in [0.3, 0.4) is 0 Å². The second-order valence-corrected chi connectivity index (χ2v) is 6.85. The van der Waals surface area contributed by atoms with Gasteiger partial charge in [-0.3, -0.25) is 4.79 Å². The number of hydrogen-bond acceptors (Lipinski definition) is 4. The maximum atomic E-state index is 12.0. The Bertz CT molecular complexity index is 605. The maximum absolute atomic E-state index is 12.0. The predicted octanol–water partition coefficient (Wildman–Crippen LogP) is 4.50. The Hall–Kier alpha value is -1.75. The van der Waals surface area contributed by atoms with Crippen molar-refractivity contribution in [1.29, 1.82) is 0 Å². The molecule has 0 atom stereocenters. The van der Waals surface area contributed by atoms with Gasteiger partial charge < -0.3 is 5.32 Å². The van der Waals surface area contributed by atoms with Crippen LogP contribution in [0.2, 0.25) is 0 Å². The van der Waals surface area contributed by atoms with Crippen LogP contribution in [0.5, 0.6) is 0 Å². The lowest BCUT2D eigenvalue weighted by Crippen LogP contribution is -2.14. The number of hydrogen-bond donors (Lipinski definition) is 1. The van der Waals surface area contributed by atoms with Gasteiger partial charge in [-0.2, -0.15) is 0 Å². The number of nitrogens with one attached hydrogen (secondary N) is 1.